The summed E-state index contributed by atoms with van der Waals surface area (Å²) in [6, 6.07) is 2.62. The van der Waals surface area contributed by atoms with Gasteiger partial charge in [0.1, 0.15) is 17.5 Å². The molecule has 0 bridgehead atoms. The Hall–Kier alpha value is -1.27. The second kappa shape index (κ2) is 5.79. The molecule has 2 rings (SSSR count). The van der Waals surface area contributed by atoms with Crippen molar-refractivity contribution < 1.29 is 8.78 Å². The van der Waals surface area contributed by atoms with Gasteiger partial charge in [-0.1, -0.05) is 0 Å². The average Bonchev–Trinajstić information content (AvgIpc) is 2.72. The highest BCUT2D eigenvalue weighted by atomic mass is 79.9. The third kappa shape index (κ3) is 2.84. The van der Waals surface area contributed by atoms with Crippen molar-refractivity contribution >= 4 is 15.9 Å². The van der Waals surface area contributed by atoms with E-state index in [0.29, 0.717) is 6.54 Å². The summed E-state index contributed by atoms with van der Waals surface area (Å²) in [6.45, 7) is 2.53. The summed E-state index contributed by atoms with van der Waals surface area (Å²) in [4.78, 5) is 4.18. The molecule has 19 heavy (non-hydrogen) atoms. The molecule has 0 aliphatic heterocycles. The first kappa shape index (κ1) is 14.1. The SMILES string of the molecule is CNCc1cnc(C)n1Cc1c(F)ccc(Br)c1F. The van der Waals surface area contributed by atoms with E-state index in [2.05, 4.69) is 26.2 Å². The highest BCUT2D eigenvalue weighted by molar-refractivity contribution is 9.10. The minimum Gasteiger partial charge on any atom is -0.326 e. The van der Waals surface area contributed by atoms with Gasteiger partial charge in [0, 0.05) is 18.3 Å². The Kier molecular flexibility index (Phi) is 4.31. The van der Waals surface area contributed by atoms with Crippen LogP contribution in [-0.4, -0.2) is 16.6 Å². The van der Waals surface area contributed by atoms with Crippen molar-refractivity contribution in [3.8, 4) is 0 Å². The standard InChI is InChI=1S/C13H14BrF2N3/c1-8-18-6-9(5-17-2)19(8)7-10-12(15)4-3-11(14)13(10)16/h3-4,6,17H,5,7H2,1-2H3. The first-order valence-electron chi connectivity index (χ1n) is 5.82. The Bertz CT molecular complexity index is 596. The zero-order chi connectivity index (χ0) is 14.0. The third-order valence-corrected chi connectivity index (χ3v) is 3.56. The number of nitrogens with zero attached hydrogens (tertiary/aromatic N) is 2. The molecule has 0 radical (unpaired) electrons. The fourth-order valence-electron chi connectivity index (χ4n) is 1.93. The predicted octanol–water partition coefficient (Wildman–Crippen LogP) is 3.00. The molecule has 0 saturated carbocycles. The van der Waals surface area contributed by atoms with Gasteiger partial charge in [0.25, 0.3) is 0 Å². The minimum atomic E-state index is -0.566. The zero-order valence-electron chi connectivity index (χ0n) is 10.7. The number of aromatic nitrogens is 2. The molecular weight excluding hydrogens is 316 g/mol. The van der Waals surface area contributed by atoms with Crippen LogP contribution in [0.5, 0.6) is 0 Å². The zero-order valence-corrected chi connectivity index (χ0v) is 12.3. The number of halogens is 3. The van der Waals surface area contributed by atoms with Gasteiger partial charge in [0.05, 0.1) is 16.7 Å². The number of benzene rings is 1. The van der Waals surface area contributed by atoms with Crippen LogP contribution in [0.1, 0.15) is 17.1 Å². The van der Waals surface area contributed by atoms with E-state index in [1.807, 2.05) is 14.0 Å². The molecule has 0 amide bonds. The largest absolute Gasteiger partial charge is 0.326 e. The number of hydrogen-bond donors (Lipinski definition) is 1. The molecule has 0 spiro atoms. The molecule has 102 valence electrons. The molecule has 2 aromatic rings. The van der Waals surface area contributed by atoms with Crippen LogP contribution >= 0.6 is 15.9 Å². The number of nitrogens with one attached hydrogen (secondary N) is 1. The normalized spacial score (nSPS) is 11.0. The van der Waals surface area contributed by atoms with E-state index in [0.717, 1.165) is 11.5 Å². The van der Waals surface area contributed by atoms with Crippen molar-refractivity contribution in [1.29, 1.82) is 0 Å². The van der Waals surface area contributed by atoms with Crippen molar-refractivity contribution in [2.24, 2.45) is 0 Å². The van der Waals surface area contributed by atoms with E-state index in [9.17, 15) is 8.78 Å². The molecule has 6 heteroatoms. The number of aryl methyl sites for hydroxylation is 1. The summed E-state index contributed by atoms with van der Waals surface area (Å²) in [5.74, 6) is -0.392. The maximum atomic E-state index is 14.0. The number of hydrogen-bond acceptors (Lipinski definition) is 2. The van der Waals surface area contributed by atoms with Crippen LogP contribution in [0.3, 0.4) is 0 Å². The molecule has 1 heterocycles. The predicted molar refractivity (Wildman–Crippen MR) is 72.9 cm³/mol. The van der Waals surface area contributed by atoms with Gasteiger partial charge >= 0.3 is 0 Å². The van der Waals surface area contributed by atoms with Crippen LogP contribution in [0.2, 0.25) is 0 Å². The van der Waals surface area contributed by atoms with Crippen LogP contribution in [0, 0.1) is 18.6 Å². The Morgan fingerprint density at radius 1 is 1.37 bits per heavy atom. The Morgan fingerprint density at radius 2 is 2.11 bits per heavy atom. The summed E-state index contributed by atoms with van der Waals surface area (Å²) < 4.78 is 29.8. The minimum absolute atomic E-state index is 0.0350. The van der Waals surface area contributed by atoms with E-state index in [1.165, 1.54) is 12.1 Å². The fraction of sp³-hybridized carbons (Fsp3) is 0.308. The van der Waals surface area contributed by atoms with E-state index in [4.69, 9.17) is 0 Å². The maximum absolute atomic E-state index is 14.0. The van der Waals surface area contributed by atoms with Crippen LogP contribution < -0.4 is 5.32 Å². The van der Waals surface area contributed by atoms with E-state index in [1.54, 1.807) is 10.8 Å². The summed E-state index contributed by atoms with van der Waals surface area (Å²) in [7, 11) is 1.81. The summed E-state index contributed by atoms with van der Waals surface area (Å²) in [6.07, 6.45) is 1.71. The topological polar surface area (TPSA) is 29.9 Å². The molecule has 1 aromatic heterocycles. The summed E-state index contributed by atoms with van der Waals surface area (Å²) in [5.41, 5.74) is 0.923. The Morgan fingerprint density at radius 3 is 2.79 bits per heavy atom. The number of rotatable bonds is 4. The summed E-state index contributed by atoms with van der Waals surface area (Å²) >= 11 is 3.07. The molecule has 1 N–H and O–H groups in total. The molecular formula is C13H14BrF2N3. The molecule has 0 atom stereocenters. The molecule has 0 saturated heterocycles. The first-order chi connectivity index (χ1) is 9.04. The van der Waals surface area contributed by atoms with E-state index in [-0.39, 0.29) is 16.6 Å². The van der Waals surface area contributed by atoms with Crippen molar-refractivity contribution in [3.05, 3.63) is 51.5 Å². The molecule has 3 nitrogen and oxygen atoms in total. The molecule has 0 aliphatic carbocycles. The van der Waals surface area contributed by atoms with Crippen LogP contribution in [-0.2, 0) is 13.1 Å². The molecule has 0 aliphatic rings. The highest BCUT2D eigenvalue weighted by Gasteiger charge is 2.15. The van der Waals surface area contributed by atoms with E-state index < -0.39 is 11.6 Å². The molecule has 1 aromatic carbocycles. The lowest BCUT2D eigenvalue weighted by atomic mass is 10.2. The third-order valence-electron chi connectivity index (χ3n) is 2.95. The molecule has 0 unspecified atom stereocenters. The monoisotopic (exact) mass is 329 g/mol. The van der Waals surface area contributed by atoms with Gasteiger partial charge in [-0.3, -0.25) is 0 Å². The smallest absolute Gasteiger partial charge is 0.145 e. The first-order valence-corrected chi connectivity index (χ1v) is 6.62. The Labute approximate surface area is 118 Å². The van der Waals surface area contributed by atoms with Crippen molar-refractivity contribution in [2.75, 3.05) is 7.05 Å². The van der Waals surface area contributed by atoms with Gasteiger partial charge in [-0.2, -0.15) is 0 Å². The lowest BCUT2D eigenvalue weighted by Crippen LogP contribution is -2.14. The molecule has 0 fully saturated rings. The average molecular weight is 330 g/mol. The maximum Gasteiger partial charge on any atom is 0.145 e. The lowest BCUT2D eigenvalue weighted by Gasteiger charge is -2.12. The number of imidazole rings is 1. The second-order valence-corrected chi connectivity index (χ2v) is 5.09. The highest BCUT2D eigenvalue weighted by Crippen LogP contribution is 2.23. The van der Waals surface area contributed by atoms with Crippen LogP contribution in [0.15, 0.2) is 22.8 Å². The summed E-state index contributed by atoms with van der Waals surface area (Å²) in [5, 5.41) is 3.01. The van der Waals surface area contributed by atoms with Gasteiger partial charge in [-0.15, -0.1) is 0 Å². The van der Waals surface area contributed by atoms with Gasteiger partial charge in [-0.25, -0.2) is 13.8 Å². The van der Waals surface area contributed by atoms with Gasteiger partial charge in [0.2, 0.25) is 0 Å². The van der Waals surface area contributed by atoms with Gasteiger partial charge in [-0.05, 0) is 42.0 Å². The second-order valence-electron chi connectivity index (χ2n) is 4.23. The fourth-order valence-corrected chi connectivity index (χ4v) is 2.30. The van der Waals surface area contributed by atoms with Crippen molar-refractivity contribution in [1.82, 2.24) is 14.9 Å². The van der Waals surface area contributed by atoms with Crippen LogP contribution in [0.25, 0.3) is 0 Å². The van der Waals surface area contributed by atoms with E-state index >= 15 is 0 Å². The Balaban J connectivity index is 2.41. The van der Waals surface area contributed by atoms with Gasteiger partial charge < -0.3 is 9.88 Å². The lowest BCUT2D eigenvalue weighted by molar-refractivity contribution is 0.533. The quantitative estimate of drug-likeness (QED) is 0.874. The van der Waals surface area contributed by atoms with Crippen molar-refractivity contribution in [3.63, 3.8) is 0 Å². The van der Waals surface area contributed by atoms with Gasteiger partial charge in [0.15, 0.2) is 0 Å². The van der Waals surface area contributed by atoms with Crippen LogP contribution in [0.4, 0.5) is 8.78 Å². The van der Waals surface area contributed by atoms with Crippen molar-refractivity contribution in [2.45, 2.75) is 20.0 Å².